The molecule has 2 aromatic rings. The second-order valence-corrected chi connectivity index (χ2v) is 6.32. The fourth-order valence-electron chi connectivity index (χ4n) is 2.32. The molecule has 4 nitrogen and oxygen atoms in total. The average molecular weight is 329 g/mol. The molecule has 0 heterocycles. The molecule has 2 aromatic carbocycles. The van der Waals surface area contributed by atoms with Gasteiger partial charge in [-0.2, -0.15) is 0 Å². The van der Waals surface area contributed by atoms with Crippen molar-refractivity contribution in [2.45, 2.75) is 32.6 Å². The Labute approximate surface area is 140 Å². The normalized spacial score (nSPS) is 11.2. The molecule has 1 amide bonds. The summed E-state index contributed by atoms with van der Waals surface area (Å²) in [5.74, 6) is -2.02. The van der Waals surface area contributed by atoms with E-state index in [0.29, 0.717) is 5.69 Å². The van der Waals surface area contributed by atoms with Gasteiger partial charge in [-0.05, 0) is 44.0 Å². The Morgan fingerprint density at radius 2 is 1.75 bits per heavy atom. The predicted molar refractivity (Wildman–Crippen MR) is 90.6 cm³/mol. The first-order valence-electron chi connectivity index (χ1n) is 7.59. The maximum Gasteiger partial charge on any atom is 0.307 e. The summed E-state index contributed by atoms with van der Waals surface area (Å²) >= 11 is 0. The molecule has 126 valence electrons. The van der Waals surface area contributed by atoms with Crippen LogP contribution in [0.4, 0.5) is 10.1 Å². The number of carbonyl (C=O) groups is 2. The van der Waals surface area contributed by atoms with Gasteiger partial charge in [0, 0.05) is 5.69 Å². The number of aryl methyl sites for hydroxylation is 1. The Morgan fingerprint density at radius 3 is 2.29 bits per heavy atom. The largest absolute Gasteiger partial charge is 0.481 e. The van der Waals surface area contributed by atoms with E-state index < -0.39 is 23.6 Å². The summed E-state index contributed by atoms with van der Waals surface area (Å²) in [6.07, 6.45) is -0.394. The zero-order valence-electron chi connectivity index (χ0n) is 13.9. The van der Waals surface area contributed by atoms with Gasteiger partial charge in [0.2, 0.25) is 5.91 Å². The number of rotatable bonds is 5. The number of carbonyl (C=O) groups excluding carboxylic acids is 1. The second-order valence-electron chi connectivity index (χ2n) is 6.32. The van der Waals surface area contributed by atoms with Gasteiger partial charge in [0.15, 0.2) is 0 Å². The molecular weight excluding hydrogens is 309 g/mol. The maximum absolute atomic E-state index is 13.9. The van der Waals surface area contributed by atoms with Gasteiger partial charge in [0.05, 0.1) is 11.8 Å². The summed E-state index contributed by atoms with van der Waals surface area (Å²) in [5.41, 5.74) is 1.55. The molecule has 0 unspecified atom stereocenters. The van der Waals surface area contributed by atoms with E-state index in [0.717, 1.165) is 17.2 Å². The van der Waals surface area contributed by atoms with Crippen molar-refractivity contribution in [1.82, 2.24) is 0 Å². The van der Waals surface area contributed by atoms with Crippen molar-refractivity contribution in [3.63, 3.8) is 0 Å². The standard InChI is InChI=1S/C19H20FNO3/c1-12-4-7-14(8-5-12)19(2,3)18(24)21-15-9-6-13(10-17(22)23)16(20)11-15/h4-9,11H,10H2,1-3H3,(H,21,24)(H,22,23). The van der Waals surface area contributed by atoms with Crippen molar-refractivity contribution in [3.05, 3.63) is 65.0 Å². The van der Waals surface area contributed by atoms with Crippen LogP contribution in [0.2, 0.25) is 0 Å². The SMILES string of the molecule is Cc1ccc(C(C)(C)C(=O)Nc2ccc(CC(=O)O)c(F)c2)cc1. The number of hydrogen-bond acceptors (Lipinski definition) is 2. The van der Waals surface area contributed by atoms with E-state index in [4.69, 9.17) is 5.11 Å². The lowest BCUT2D eigenvalue weighted by Gasteiger charge is -2.24. The van der Waals surface area contributed by atoms with Gasteiger partial charge in [-0.3, -0.25) is 9.59 Å². The molecule has 5 heteroatoms. The van der Waals surface area contributed by atoms with Gasteiger partial charge >= 0.3 is 5.97 Å². The first-order chi connectivity index (χ1) is 11.2. The molecule has 0 aliphatic carbocycles. The molecule has 0 aliphatic rings. The molecule has 24 heavy (non-hydrogen) atoms. The van der Waals surface area contributed by atoms with Gasteiger partial charge < -0.3 is 10.4 Å². The Bertz CT molecular complexity index is 767. The van der Waals surface area contributed by atoms with Crippen molar-refractivity contribution in [1.29, 1.82) is 0 Å². The molecule has 2 N–H and O–H groups in total. The van der Waals surface area contributed by atoms with E-state index in [2.05, 4.69) is 5.32 Å². The fraction of sp³-hybridized carbons (Fsp3) is 0.263. The van der Waals surface area contributed by atoms with E-state index in [-0.39, 0.29) is 11.5 Å². The fourth-order valence-corrected chi connectivity index (χ4v) is 2.32. The molecule has 0 saturated heterocycles. The van der Waals surface area contributed by atoms with Gasteiger partial charge in [-0.25, -0.2) is 4.39 Å². The lowest BCUT2D eigenvalue weighted by molar-refractivity contribution is -0.136. The molecule has 0 aromatic heterocycles. The highest BCUT2D eigenvalue weighted by Crippen LogP contribution is 2.26. The Morgan fingerprint density at radius 1 is 1.12 bits per heavy atom. The maximum atomic E-state index is 13.9. The number of hydrogen-bond donors (Lipinski definition) is 2. The minimum atomic E-state index is -1.11. The average Bonchev–Trinajstić information content (AvgIpc) is 2.50. The van der Waals surface area contributed by atoms with Crippen LogP contribution in [-0.4, -0.2) is 17.0 Å². The van der Waals surface area contributed by atoms with E-state index in [9.17, 15) is 14.0 Å². The molecule has 0 spiro atoms. The van der Waals surface area contributed by atoms with Crippen LogP contribution in [-0.2, 0) is 21.4 Å². The third-order valence-electron chi connectivity index (χ3n) is 3.99. The second kappa shape index (κ2) is 6.83. The van der Waals surface area contributed by atoms with Gasteiger partial charge in [0.25, 0.3) is 0 Å². The number of anilines is 1. The van der Waals surface area contributed by atoms with Crippen molar-refractivity contribution in [3.8, 4) is 0 Å². The van der Waals surface area contributed by atoms with Crippen LogP contribution in [0.15, 0.2) is 42.5 Å². The van der Waals surface area contributed by atoms with Crippen molar-refractivity contribution in [2.24, 2.45) is 0 Å². The van der Waals surface area contributed by atoms with Crippen LogP contribution in [0.25, 0.3) is 0 Å². The number of aliphatic carboxylic acids is 1. The number of carboxylic acids is 1. The smallest absolute Gasteiger partial charge is 0.307 e. The minimum Gasteiger partial charge on any atom is -0.481 e. The molecule has 0 aliphatic heterocycles. The zero-order chi connectivity index (χ0) is 17.9. The number of nitrogens with one attached hydrogen (secondary N) is 1. The van der Waals surface area contributed by atoms with Gasteiger partial charge in [-0.1, -0.05) is 35.9 Å². The summed E-state index contributed by atoms with van der Waals surface area (Å²) in [7, 11) is 0. The van der Waals surface area contributed by atoms with Gasteiger partial charge in [0.1, 0.15) is 5.82 Å². The molecular formula is C19H20FNO3. The first-order valence-corrected chi connectivity index (χ1v) is 7.59. The topological polar surface area (TPSA) is 66.4 Å². The highest BCUT2D eigenvalue weighted by atomic mass is 19.1. The number of amides is 1. The van der Waals surface area contributed by atoms with Crippen molar-refractivity contribution in [2.75, 3.05) is 5.32 Å². The minimum absolute atomic E-state index is 0.0818. The summed E-state index contributed by atoms with van der Waals surface area (Å²) in [5, 5.41) is 11.4. The van der Waals surface area contributed by atoms with Crippen LogP contribution in [0.3, 0.4) is 0 Å². The van der Waals surface area contributed by atoms with E-state index in [1.807, 2.05) is 31.2 Å². The number of carboxylic acid groups (broad SMARTS) is 1. The highest BCUT2D eigenvalue weighted by Gasteiger charge is 2.29. The molecule has 0 saturated carbocycles. The quantitative estimate of drug-likeness (QED) is 0.879. The van der Waals surface area contributed by atoms with E-state index in [1.54, 1.807) is 13.8 Å². The van der Waals surface area contributed by atoms with Crippen LogP contribution in [0, 0.1) is 12.7 Å². The molecule has 0 atom stereocenters. The Kier molecular flexibility index (Phi) is 5.02. The lowest BCUT2D eigenvalue weighted by Crippen LogP contribution is -2.34. The highest BCUT2D eigenvalue weighted by molar-refractivity contribution is 5.98. The molecule has 0 fully saturated rings. The lowest BCUT2D eigenvalue weighted by atomic mass is 9.83. The van der Waals surface area contributed by atoms with Crippen LogP contribution in [0.1, 0.15) is 30.5 Å². The Balaban J connectivity index is 2.18. The number of halogens is 1. The number of benzene rings is 2. The van der Waals surface area contributed by atoms with E-state index >= 15 is 0 Å². The predicted octanol–water partition coefficient (Wildman–Crippen LogP) is 3.68. The third-order valence-corrected chi connectivity index (χ3v) is 3.99. The summed E-state index contributed by atoms with van der Waals surface area (Å²) in [6, 6.07) is 11.7. The van der Waals surface area contributed by atoms with Crippen molar-refractivity contribution < 1.29 is 19.1 Å². The molecule has 0 radical (unpaired) electrons. The van der Waals surface area contributed by atoms with Crippen LogP contribution >= 0.6 is 0 Å². The van der Waals surface area contributed by atoms with Crippen LogP contribution in [0.5, 0.6) is 0 Å². The van der Waals surface area contributed by atoms with E-state index in [1.165, 1.54) is 12.1 Å². The molecule has 0 bridgehead atoms. The summed E-state index contributed by atoms with van der Waals surface area (Å²) < 4.78 is 13.9. The monoisotopic (exact) mass is 329 g/mol. The first kappa shape index (κ1) is 17.7. The Hall–Kier alpha value is -2.69. The van der Waals surface area contributed by atoms with Crippen molar-refractivity contribution >= 4 is 17.6 Å². The zero-order valence-corrected chi connectivity index (χ0v) is 13.9. The van der Waals surface area contributed by atoms with Crippen LogP contribution < -0.4 is 5.32 Å². The summed E-state index contributed by atoms with van der Waals surface area (Å²) in [6.45, 7) is 5.56. The molecule has 2 rings (SSSR count). The third kappa shape index (κ3) is 3.98. The van der Waals surface area contributed by atoms with Gasteiger partial charge in [-0.15, -0.1) is 0 Å². The summed E-state index contributed by atoms with van der Waals surface area (Å²) in [4.78, 5) is 23.2.